The highest BCUT2D eigenvalue weighted by Gasteiger charge is 2.15. The highest BCUT2D eigenvalue weighted by atomic mass is 32.2. The summed E-state index contributed by atoms with van der Waals surface area (Å²) in [5.41, 5.74) is 1.93. The van der Waals surface area contributed by atoms with Crippen molar-refractivity contribution in [2.75, 3.05) is 11.9 Å². The van der Waals surface area contributed by atoms with Crippen LogP contribution in [0.25, 0.3) is 0 Å². The molecule has 0 spiro atoms. The van der Waals surface area contributed by atoms with E-state index in [0.29, 0.717) is 5.82 Å². The van der Waals surface area contributed by atoms with Crippen LogP contribution in [0.3, 0.4) is 0 Å². The number of aromatic nitrogens is 2. The smallest absolute Gasteiger partial charge is 0.240 e. The molecule has 0 saturated heterocycles. The van der Waals surface area contributed by atoms with Gasteiger partial charge in [-0.2, -0.15) is 5.10 Å². The molecule has 8 heteroatoms. The monoisotopic (exact) mass is 364 g/mol. The van der Waals surface area contributed by atoms with Gasteiger partial charge in [0.05, 0.1) is 11.1 Å². The first-order valence-corrected chi connectivity index (χ1v) is 9.59. The number of sulfonamides is 1. The van der Waals surface area contributed by atoms with E-state index in [-0.39, 0.29) is 29.8 Å². The van der Waals surface area contributed by atoms with E-state index in [2.05, 4.69) is 15.1 Å². The molecule has 0 bridgehead atoms. The van der Waals surface area contributed by atoms with Crippen LogP contribution in [0, 0.1) is 13.8 Å². The summed E-state index contributed by atoms with van der Waals surface area (Å²) in [6.07, 6.45) is 1.64. The summed E-state index contributed by atoms with van der Waals surface area (Å²) in [5, 5.41) is 6.87. The third kappa shape index (κ3) is 4.90. The number of rotatable bonds is 7. The topological polar surface area (TPSA) is 93.1 Å². The number of carbonyl (C=O) groups is 1. The van der Waals surface area contributed by atoms with E-state index in [1.807, 2.05) is 27.7 Å². The largest absolute Gasteiger partial charge is 0.311 e. The molecule has 7 nitrogen and oxygen atoms in total. The van der Waals surface area contributed by atoms with Gasteiger partial charge < -0.3 is 5.32 Å². The molecule has 0 atom stereocenters. The second-order valence-electron chi connectivity index (χ2n) is 6.20. The molecule has 0 aliphatic rings. The van der Waals surface area contributed by atoms with Crippen LogP contribution in [0.15, 0.2) is 35.4 Å². The van der Waals surface area contributed by atoms with Crippen LogP contribution in [0.1, 0.15) is 37.4 Å². The Balaban J connectivity index is 1.91. The Morgan fingerprint density at radius 2 is 1.92 bits per heavy atom. The third-order valence-electron chi connectivity index (χ3n) is 3.86. The molecular weight excluding hydrogens is 340 g/mol. The van der Waals surface area contributed by atoms with Gasteiger partial charge in [0.1, 0.15) is 5.82 Å². The predicted molar refractivity (Wildman–Crippen MR) is 97.0 cm³/mol. The molecule has 0 radical (unpaired) electrons. The Labute approximate surface area is 148 Å². The zero-order valence-corrected chi connectivity index (χ0v) is 15.7. The van der Waals surface area contributed by atoms with Crippen molar-refractivity contribution in [3.63, 3.8) is 0 Å². The van der Waals surface area contributed by atoms with Gasteiger partial charge in [0.15, 0.2) is 0 Å². The molecule has 0 unspecified atom stereocenters. The van der Waals surface area contributed by atoms with E-state index in [9.17, 15) is 13.2 Å². The van der Waals surface area contributed by atoms with Crippen LogP contribution < -0.4 is 10.0 Å². The second kappa shape index (κ2) is 7.79. The summed E-state index contributed by atoms with van der Waals surface area (Å²) in [6, 6.07) is 6.78. The molecule has 0 saturated carbocycles. The maximum Gasteiger partial charge on any atom is 0.240 e. The van der Waals surface area contributed by atoms with E-state index in [0.717, 1.165) is 11.1 Å². The van der Waals surface area contributed by atoms with Crippen molar-refractivity contribution in [2.45, 2.75) is 45.1 Å². The number of benzene rings is 1. The minimum Gasteiger partial charge on any atom is -0.311 e. The second-order valence-corrected chi connectivity index (χ2v) is 7.96. The molecule has 25 heavy (non-hydrogen) atoms. The Bertz CT molecular complexity index is 857. The molecule has 1 aromatic carbocycles. The summed E-state index contributed by atoms with van der Waals surface area (Å²) < 4.78 is 28.7. The van der Waals surface area contributed by atoms with Gasteiger partial charge >= 0.3 is 0 Å². The van der Waals surface area contributed by atoms with Crippen molar-refractivity contribution in [1.29, 1.82) is 0 Å². The van der Waals surface area contributed by atoms with Gasteiger partial charge in [0.25, 0.3) is 0 Å². The number of hydrogen-bond acceptors (Lipinski definition) is 4. The zero-order chi connectivity index (χ0) is 18.6. The Hall–Kier alpha value is -2.19. The number of aryl methyl sites for hydroxylation is 2. The average Bonchev–Trinajstić information content (AvgIpc) is 2.98. The van der Waals surface area contributed by atoms with Gasteiger partial charge in [-0.3, -0.25) is 4.79 Å². The lowest BCUT2D eigenvalue weighted by Crippen LogP contribution is -2.28. The van der Waals surface area contributed by atoms with Gasteiger partial charge in [-0.05, 0) is 51.0 Å². The summed E-state index contributed by atoms with van der Waals surface area (Å²) >= 11 is 0. The maximum atomic E-state index is 12.3. The number of carbonyl (C=O) groups excluding carboxylic acids is 1. The highest BCUT2D eigenvalue weighted by molar-refractivity contribution is 7.89. The number of hydrogen-bond donors (Lipinski definition) is 2. The lowest BCUT2D eigenvalue weighted by molar-refractivity contribution is -0.116. The maximum absolute atomic E-state index is 12.3. The van der Waals surface area contributed by atoms with E-state index >= 15 is 0 Å². The molecule has 1 amide bonds. The average molecular weight is 364 g/mol. The van der Waals surface area contributed by atoms with Crippen LogP contribution in [0.2, 0.25) is 0 Å². The predicted octanol–water partition coefficient (Wildman–Crippen LogP) is 2.39. The number of anilines is 1. The summed E-state index contributed by atoms with van der Waals surface area (Å²) in [7, 11) is -3.63. The van der Waals surface area contributed by atoms with Gasteiger partial charge in [-0.15, -0.1) is 0 Å². The van der Waals surface area contributed by atoms with Crippen LogP contribution in [0.4, 0.5) is 5.82 Å². The first kappa shape index (κ1) is 19.1. The lowest BCUT2D eigenvalue weighted by Gasteiger charge is -2.12. The fraction of sp³-hybridized carbons (Fsp3) is 0.412. The molecule has 1 heterocycles. The fourth-order valence-corrected chi connectivity index (χ4v) is 3.41. The molecule has 2 aromatic rings. The van der Waals surface area contributed by atoms with E-state index in [4.69, 9.17) is 0 Å². The fourth-order valence-electron chi connectivity index (χ4n) is 2.29. The Kier molecular flexibility index (Phi) is 5.97. The van der Waals surface area contributed by atoms with Gasteiger partial charge in [0.2, 0.25) is 15.9 Å². The molecule has 0 fully saturated rings. The van der Waals surface area contributed by atoms with E-state index < -0.39 is 10.0 Å². The Morgan fingerprint density at radius 3 is 2.56 bits per heavy atom. The molecule has 136 valence electrons. The summed E-state index contributed by atoms with van der Waals surface area (Å²) in [5.74, 6) is 0.321. The normalized spacial score (nSPS) is 11.7. The van der Waals surface area contributed by atoms with Crippen LogP contribution in [-0.4, -0.2) is 30.7 Å². The van der Waals surface area contributed by atoms with E-state index in [1.165, 1.54) is 0 Å². The van der Waals surface area contributed by atoms with Gasteiger partial charge in [-0.1, -0.05) is 6.07 Å². The first-order chi connectivity index (χ1) is 11.7. The number of nitrogens with one attached hydrogen (secondary N) is 2. The van der Waals surface area contributed by atoms with Crippen LogP contribution in [-0.2, 0) is 14.8 Å². The van der Waals surface area contributed by atoms with Crippen molar-refractivity contribution in [3.05, 3.63) is 41.6 Å². The molecule has 0 aliphatic heterocycles. The quantitative estimate of drug-likeness (QED) is 0.789. The van der Waals surface area contributed by atoms with Crippen molar-refractivity contribution < 1.29 is 13.2 Å². The molecular formula is C17H24N4O3S. The molecule has 2 rings (SSSR count). The third-order valence-corrected chi connectivity index (χ3v) is 5.32. The summed E-state index contributed by atoms with van der Waals surface area (Å²) in [6.45, 7) is 7.72. The molecule has 2 N–H and O–H groups in total. The number of nitrogens with zero attached hydrogens (tertiary/aromatic N) is 2. The standard InChI is InChI=1S/C17H24N4O3S/c1-12(2)21-16(7-9-18-21)20-17(22)8-10-19-25(23,24)15-6-5-13(3)14(4)11-15/h5-7,9,11-12,19H,8,10H2,1-4H3,(H,20,22). The molecule has 1 aromatic heterocycles. The number of amides is 1. The van der Waals surface area contributed by atoms with Crippen LogP contribution in [0.5, 0.6) is 0 Å². The SMILES string of the molecule is Cc1ccc(S(=O)(=O)NCCC(=O)Nc2ccnn2C(C)C)cc1C. The summed E-state index contributed by atoms with van der Waals surface area (Å²) in [4.78, 5) is 12.2. The minimum absolute atomic E-state index is 0.0247. The molecule has 0 aliphatic carbocycles. The Morgan fingerprint density at radius 1 is 1.20 bits per heavy atom. The van der Waals surface area contributed by atoms with E-state index in [1.54, 1.807) is 35.1 Å². The van der Waals surface area contributed by atoms with Gasteiger partial charge in [-0.25, -0.2) is 17.8 Å². The van der Waals surface area contributed by atoms with Crippen molar-refractivity contribution in [1.82, 2.24) is 14.5 Å². The van der Waals surface area contributed by atoms with Crippen molar-refractivity contribution in [2.24, 2.45) is 0 Å². The highest BCUT2D eigenvalue weighted by Crippen LogP contribution is 2.15. The lowest BCUT2D eigenvalue weighted by atomic mass is 10.1. The van der Waals surface area contributed by atoms with Crippen LogP contribution >= 0.6 is 0 Å². The van der Waals surface area contributed by atoms with Crippen molar-refractivity contribution in [3.8, 4) is 0 Å². The van der Waals surface area contributed by atoms with Crippen molar-refractivity contribution >= 4 is 21.7 Å². The van der Waals surface area contributed by atoms with Gasteiger partial charge in [0, 0.05) is 25.1 Å². The zero-order valence-electron chi connectivity index (χ0n) is 14.9. The first-order valence-electron chi connectivity index (χ1n) is 8.11. The minimum atomic E-state index is -3.63.